The first-order chi connectivity index (χ1) is 15.2. The summed E-state index contributed by atoms with van der Waals surface area (Å²) in [6.45, 7) is 2.70. The molecule has 5 rings (SSSR count). The van der Waals surface area contributed by atoms with E-state index in [1.54, 1.807) is 33.9 Å². The summed E-state index contributed by atoms with van der Waals surface area (Å²) in [6.07, 6.45) is 2.34. The van der Waals surface area contributed by atoms with E-state index in [1.807, 2.05) is 46.5 Å². The van der Waals surface area contributed by atoms with Crippen molar-refractivity contribution >= 4 is 46.1 Å². The summed E-state index contributed by atoms with van der Waals surface area (Å²) in [5, 5.41) is 19.7. The molecule has 1 atom stereocenters. The van der Waals surface area contributed by atoms with Crippen LogP contribution in [0.15, 0.2) is 68.1 Å². The van der Waals surface area contributed by atoms with E-state index in [2.05, 4.69) is 22.3 Å². The summed E-state index contributed by atoms with van der Waals surface area (Å²) in [7, 11) is 0. The van der Waals surface area contributed by atoms with Crippen LogP contribution in [0.2, 0.25) is 0 Å². The Morgan fingerprint density at radius 2 is 2.06 bits per heavy atom. The molecule has 0 aromatic carbocycles. The van der Waals surface area contributed by atoms with Gasteiger partial charge >= 0.3 is 0 Å². The van der Waals surface area contributed by atoms with Gasteiger partial charge in [0.15, 0.2) is 16.7 Å². The molecule has 0 spiro atoms. The van der Waals surface area contributed by atoms with Gasteiger partial charge in [-0.05, 0) is 41.9 Å². The molecule has 0 radical (unpaired) electrons. The Labute approximate surface area is 191 Å². The summed E-state index contributed by atoms with van der Waals surface area (Å²) >= 11 is 4.68. The molecule has 0 saturated carbocycles. The van der Waals surface area contributed by atoms with Gasteiger partial charge in [0.2, 0.25) is 0 Å². The molecule has 4 aromatic heterocycles. The first-order valence-electron chi connectivity index (χ1n) is 9.81. The zero-order chi connectivity index (χ0) is 21.2. The van der Waals surface area contributed by atoms with Gasteiger partial charge in [0.25, 0.3) is 5.91 Å². The zero-order valence-electron chi connectivity index (χ0n) is 16.7. The summed E-state index contributed by atoms with van der Waals surface area (Å²) in [5.41, 5.74) is 0.962. The number of hydrazone groups is 1. The Balaban J connectivity index is 1.35. The average Bonchev–Trinajstić information content (AvgIpc) is 3.62. The maximum absolute atomic E-state index is 13.2. The van der Waals surface area contributed by atoms with Gasteiger partial charge in [-0.25, -0.2) is 5.01 Å². The van der Waals surface area contributed by atoms with Crippen molar-refractivity contribution in [1.82, 2.24) is 19.8 Å². The van der Waals surface area contributed by atoms with Crippen molar-refractivity contribution in [3.05, 3.63) is 63.2 Å². The highest BCUT2D eigenvalue weighted by Crippen LogP contribution is 2.36. The Kier molecular flexibility index (Phi) is 5.75. The molecule has 5 heterocycles. The van der Waals surface area contributed by atoms with Crippen molar-refractivity contribution < 1.29 is 9.21 Å². The summed E-state index contributed by atoms with van der Waals surface area (Å²) in [6, 6.07) is 11.8. The number of aromatic nitrogens is 3. The van der Waals surface area contributed by atoms with Gasteiger partial charge in [-0.2, -0.15) is 5.10 Å². The standard InChI is InChI=1S/C21H19N5O2S3/c1-2-25-20(16-6-3-9-28-16)22-23-21(25)31-13-19(27)26-15(18-8-5-11-30-18)12-14(24-26)17-7-4-10-29-17/h3-11,15H,2,12-13H2,1H3/t15-/m1/s1. The molecule has 1 aliphatic heterocycles. The second kappa shape index (κ2) is 8.81. The second-order valence-electron chi connectivity index (χ2n) is 6.81. The largest absolute Gasteiger partial charge is 0.461 e. The zero-order valence-corrected chi connectivity index (χ0v) is 19.1. The third kappa shape index (κ3) is 3.98. The Morgan fingerprint density at radius 1 is 1.19 bits per heavy atom. The topological polar surface area (TPSA) is 76.5 Å². The fraction of sp³-hybridized carbons (Fsp3) is 0.238. The van der Waals surface area contributed by atoms with Crippen LogP contribution in [-0.2, 0) is 11.3 Å². The van der Waals surface area contributed by atoms with Crippen molar-refractivity contribution in [2.45, 2.75) is 31.1 Å². The lowest BCUT2D eigenvalue weighted by atomic mass is 10.1. The first-order valence-corrected chi connectivity index (χ1v) is 12.6. The summed E-state index contributed by atoms with van der Waals surface area (Å²) in [5.74, 6) is 1.52. The van der Waals surface area contributed by atoms with Crippen molar-refractivity contribution in [1.29, 1.82) is 0 Å². The van der Waals surface area contributed by atoms with Crippen LogP contribution in [0.4, 0.5) is 0 Å². The number of amides is 1. The van der Waals surface area contributed by atoms with Crippen LogP contribution in [0.25, 0.3) is 11.6 Å². The molecule has 31 heavy (non-hydrogen) atoms. The lowest BCUT2D eigenvalue weighted by molar-refractivity contribution is -0.130. The van der Waals surface area contributed by atoms with Crippen LogP contribution in [0.1, 0.15) is 29.1 Å². The Hall–Kier alpha value is -2.69. The number of carbonyl (C=O) groups is 1. The monoisotopic (exact) mass is 469 g/mol. The van der Waals surface area contributed by atoms with E-state index >= 15 is 0 Å². The molecule has 7 nitrogen and oxygen atoms in total. The Morgan fingerprint density at radius 3 is 2.77 bits per heavy atom. The van der Waals surface area contributed by atoms with E-state index in [0.717, 1.165) is 21.9 Å². The molecule has 1 aliphatic rings. The molecule has 10 heteroatoms. The van der Waals surface area contributed by atoms with Crippen molar-refractivity contribution in [3.63, 3.8) is 0 Å². The maximum Gasteiger partial charge on any atom is 0.253 e. The third-order valence-corrected chi connectivity index (χ3v) is 7.79. The van der Waals surface area contributed by atoms with Crippen molar-refractivity contribution in [3.8, 4) is 11.6 Å². The number of rotatable bonds is 7. The van der Waals surface area contributed by atoms with Gasteiger partial charge < -0.3 is 4.42 Å². The number of hydrogen-bond donors (Lipinski definition) is 0. The van der Waals surface area contributed by atoms with E-state index in [9.17, 15) is 4.79 Å². The Bertz CT molecular complexity index is 1180. The summed E-state index contributed by atoms with van der Waals surface area (Å²) < 4.78 is 7.42. The number of carbonyl (C=O) groups excluding carboxylic acids is 1. The molecule has 0 aliphatic carbocycles. The minimum atomic E-state index is -0.0621. The minimum absolute atomic E-state index is 0.0415. The highest BCUT2D eigenvalue weighted by molar-refractivity contribution is 7.99. The van der Waals surface area contributed by atoms with Gasteiger partial charge in [0.05, 0.1) is 28.6 Å². The van der Waals surface area contributed by atoms with Gasteiger partial charge in [-0.15, -0.1) is 32.9 Å². The number of thioether (sulfide) groups is 1. The van der Waals surface area contributed by atoms with Crippen LogP contribution in [0, 0.1) is 0 Å². The molecule has 0 fully saturated rings. The van der Waals surface area contributed by atoms with E-state index in [0.29, 0.717) is 23.3 Å². The number of hydrogen-bond acceptors (Lipinski definition) is 8. The predicted molar refractivity (Wildman–Crippen MR) is 124 cm³/mol. The molecule has 0 bridgehead atoms. The van der Waals surface area contributed by atoms with Crippen molar-refractivity contribution in [2.75, 3.05) is 5.75 Å². The molecule has 0 unspecified atom stereocenters. The average molecular weight is 470 g/mol. The molecule has 4 aromatic rings. The quantitative estimate of drug-likeness (QED) is 0.350. The van der Waals surface area contributed by atoms with Crippen LogP contribution in [-0.4, -0.2) is 37.1 Å². The highest BCUT2D eigenvalue weighted by Gasteiger charge is 2.34. The van der Waals surface area contributed by atoms with E-state index in [4.69, 9.17) is 9.52 Å². The van der Waals surface area contributed by atoms with E-state index in [1.165, 1.54) is 11.8 Å². The number of furan rings is 1. The smallest absolute Gasteiger partial charge is 0.253 e. The molecular weight excluding hydrogens is 450 g/mol. The SMILES string of the molecule is CCn1c(SCC(=O)N2N=C(c3cccs3)C[C@@H]2c2cccs2)nnc1-c1ccco1. The molecule has 1 amide bonds. The highest BCUT2D eigenvalue weighted by atomic mass is 32.2. The van der Waals surface area contributed by atoms with Crippen LogP contribution in [0.3, 0.4) is 0 Å². The first kappa shape index (κ1) is 20.2. The van der Waals surface area contributed by atoms with E-state index < -0.39 is 0 Å². The van der Waals surface area contributed by atoms with Gasteiger partial charge in [0.1, 0.15) is 0 Å². The number of nitrogens with zero attached hydrogens (tertiary/aromatic N) is 5. The van der Waals surface area contributed by atoms with Gasteiger partial charge in [-0.3, -0.25) is 9.36 Å². The molecule has 0 saturated heterocycles. The van der Waals surface area contributed by atoms with Crippen molar-refractivity contribution in [2.24, 2.45) is 5.10 Å². The minimum Gasteiger partial charge on any atom is -0.461 e. The second-order valence-corrected chi connectivity index (χ2v) is 9.68. The number of thiophene rings is 2. The predicted octanol–water partition coefficient (Wildman–Crippen LogP) is 5.15. The fourth-order valence-corrected chi connectivity index (χ4v) is 5.88. The third-order valence-electron chi connectivity index (χ3n) is 4.94. The molecule has 158 valence electrons. The lowest BCUT2D eigenvalue weighted by Gasteiger charge is -2.20. The van der Waals surface area contributed by atoms with Crippen LogP contribution in [0.5, 0.6) is 0 Å². The van der Waals surface area contributed by atoms with Crippen LogP contribution >= 0.6 is 34.4 Å². The lowest BCUT2D eigenvalue weighted by Crippen LogP contribution is -2.28. The van der Waals surface area contributed by atoms with Gasteiger partial charge in [0, 0.05) is 17.8 Å². The summed E-state index contributed by atoms with van der Waals surface area (Å²) in [4.78, 5) is 15.5. The molecule has 0 N–H and O–H groups in total. The van der Waals surface area contributed by atoms with E-state index in [-0.39, 0.29) is 17.7 Å². The van der Waals surface area contributed by atoms with Gasteiger partial charge in [-0.1, -0.05) is 23.9 Å². The maximum atomic E-state index is 13.2. The normalized spacial score (nSPS) is 16.1. The fourth-order valence-electron chi connectivity index (χ4n) is 3.50. The molecular formula is C21H19N5O2S3. The van der Waals surface area contributed by atoms with Crippen LogP contribution < -0.4 is 0 Å².